The number of benzene rings is 2. The maximum Gasteiger partial charge on any atom is 0.305 e. The predicted molar refractivity (Wildman–Crippen MR) is 125 cm³/mol. The van der Waals surface area contributed by atoms with Crippen molar-refractivity contribution in [1.82, 2.24) is 15.6 Å². The maximum atomic E-state index is 13.8. The maximum absolute atomic E-state index is 13.8. The molecule has 38 heavy (non-hydrogen) atoms. The highest BCUT2D eigenvalue weighted by molar-refractivity contribution is 7.17. The van der Waals surface area contributed by atoms with Crippen molar-refractivity contribution in [2.75, 3.05) is 6.61 Å². The summed E-state index contributed by atoms with van der Waals surface area (Å²) in [6, 6.07) is 6.01. The molecule has 9 nitrogen and oxygen atoms in total. The van der Waals surface area contributed by atoms with Crippen LogP contribution in [-0.4, -0.2) is 52.3 Å². The van der Waals surface area contributed by atoms with Crippen LogP contribution in [0.3, 0.4) is 0 Å². The summed E-state index contributed by atoms with van der Waals surface area (Å²) in [7, 11) is 0. The topological polar surface area (TPSA) is 135 Å². The Morgan fingerprint density at radius 1 is 1.03 bits per heavy atom. The number of hydrogen-bond donors (Lipinski definition) is 3. The third kappa shape index (κ3) is 6.91. The Balaban J connectivity index is 1.63. The Hall–Kier alpha value is -4.33. The second-order valence-electron chi connectivity index (χ2n) is 7.80. The SMILES string of the molecule is C[C@H](NC(=O)c1ncc(-c2ccccc2)s1)C(=O)N[C@@H](CC(=O)O)C(=O)COc1c(F)c(F)cc(F)c1F. The Bertz CT molecular complexity index is 1340. The second-order valence-corrected chi connectivity index (χ2v) is 8.83. The van der Waals surface area contributed by atoms with Gasteiger partial charge in [-0.3, -0.25) is 19.2 Å². The Morgan fingerprint density at radius 3 is 2.26 bits per heavy atom. The van der Waals surface area contributed by atoms with Crippen molar-refractivity contribution >= 4 is 34.9 Å². The molecule has 0 spiro atoms. The Morgan fingerprint density at radius 2 is 1.66 bits per heavy atom. The molecule has 3 N–H and O–H groups in total. The van der Waals surface area contributed by atoms with Crippen LogP contribution in [0, 0.1) is 23.3 Å². The van der Waals surface area contributed by atoms with E-state index in [9.17, 15) is 36.7 Å². The molecule has 3 aromatic rings. The summed E-state index contributed by atoms with van der Waals surface area (Å²) >= 11 is 1.07. The van der Waals surface area contributed by atoms with E-state index in [4.69, 9.17) is 5.11 Å². The first kappa shape index (κ1) is 28.2. The van der Waals surface area contributed by atoms with Crippen LogP contribution >= 0.6 is 11.3 Å². The molecule has 2 amide bonds. The number of aliphatic carboxylic acids is 1. The van der Waals surface area contributed by atoms with Gasteiger partial charge in [-0.25, -0.2) is 13.8 Å². The fourth-order valence-corrected chi connectivity index (χ4v) is 3.90. The number of thiazole rings is 1. The number of halogens is 4. The number of Topliss-reactive ketones (excluding diaryl/α,β-unsaturated/α-hetero) is 1. The normalized spacial score (nSPS) is 12.3. The van der Waals surface area contributed by atoms with Gasteiger partial charge in [0.1, 0.15) is 18.7 Å². The molecule has 0 unspecified atom stereocenters. The molecule has 14 heteroatoms. The molecule has 3 rings (SSSR count). The molecular formula is C24H19F4N3O6S. The molecule has 2 aromatic carbocycles. The Labute approximate surface area is 216 Å². The van der Waals surface area contributed by atoms with E-state index < -0.39 is 77.7 Å². The summed E-state index contributed by atoms with van der Waals surface area (Å²) in [6.45, 7) is 0.0368. The number of nitrogens with one attached hydrogen (secondary N) is 2. The minimum Gasteiger partial charge on any atom is -0.481 e. The first-order valence-electron chi connectivity index (χ1n) is 10.8. The van der Waals surface area contributed by atoms with E-state index in [-0.39, 0.29) is 11.1 Å². The van der Waals surface area contributed by atoms with Crippen LogP contribution in [0.15, 0.2) is 42.6 Å². The molecule has 0 saturated carbocycles. The number of rotatable bonds is 11. The van der Waals surface area contributed by atoms with E-state index in [1.165, 1.54) is 13.1 Å². The molecule has 0 bridgehead atoms. The standard InChI is InChI=1S/C24H19F4N3O6S/c1-11(30-23(36)24-29-9-17(38-24)12-5-3-2-4-6-12)22(35)31-15(8-18(33)34)16(32)10-37-21-19(27)13(25)7-14(26)20(21)28/h2-7,9,11,15H,8,10H2,1H3,(H,30,36)(H,31,35)(H,33,34)/t11-,15-/m0/s1. The number of carboxylic acids is 1. The number of carbonyl (C=O) groups excluding carboxylic acids is 3. The van der Waals surface area contributed by atoms with E-state index in [0.29, 0.717) is 4.88 Å². The largest absolute Gasteiger partial charge is 0.481 e. The van der Waals surface area contributed by atoms with E-state index in [2.05, 4.69) is 20.4 Å². The minimum absolute atomic E-state index is 0.0430. The quantitative estimate of drug-likeness (QED) is 0.245. The summed E-state index contributed by atoms with van der Waals surface area (Å²) < 4.78 is 58.7. The van der Waals surface area contributed by atoms with Gasteiger partial charge in [-0.2, -0.15) is 8.78 Å². The number of nitrogens with zero attached hydrogens (tertiary/aromatic N) is 1. The average Bonchev–Trinajstić information content (AvgIpc) is 3.38. The van der Waals surface area contributed by atoms with Crippen LogP contribution in [0.2, 0.25) is 0 Å². The van der Waals surface area contributed by atoms with Crippen molar-refractivity contribution in [1.29, 1.82) is 0 Å². The average molecular weight is 553 g/mol. The first-order valence-corrected chi connectivity index (χ1v) is 11.6. The summed E-state index contributed by atoms with van der Waals surface area (Å²) in [5.41, 5.74) is 0.827. The molecule has 2 atom stereocenters. The zero-order chi connectivity index (χ0) is 28.0. The summed E-state index contributed by atoms with van der Waals surface area (Å²) in [4.78, 5) is 53.4. The predicted octanol–water partition coefficient (Wildman–Crippen LogP) is 3.09. The van der Waals surface area contributed by atoms with Gasteiger partial charge in [-0.1, -0.05) is 30.3 Å². The highest BCUT2D eigenvalue weighted by atomic mass is 32.1. The third-order valence-corrected chi connectivity index (χ3v) is 6.06. The third-order valence-electron chi connectivity index (χ3n) is 5.01. The van der Waals surface area contributed by atoms with Crippen LogP contribution in [0.5, 0.6) is 5.75 Å². The van der Waals surface area contributed by atoms with Crippen LogP contribution < -0.4 is 15.4 Å². The molecule has 0 saturated heterocycles. The highest BCUT2D eigenvalue weighted by Gasteiger charge is 2.29. The lowest BCUT2D eigenvalue weighted by atomic mass is 10.1. The van der Waals surface area contributed by atoms with Gasteiger partial charge in [-0.15, -0.1) is 11.3 Å². The minimum atomic E-state index is -1.90. The van der Waals surface area contributed by atoms with Gasteiger partial charge < -0.3 is 20.5 Å². The number of carboxylic acid groups (broad SMARTS) is 1. The number of ketones is 1. The lowest BCUT2D eigenvalue weighted by Gasteiger charge is -2.19. The van der Waals surface area contributed by atoms with Crippen molar-refractivity contribution in [3.8, 4) is 16.2 Å². The lowest BCUT2D eigenvalue weighted by Crippen LogP contribution is -2.51. The van der Waals surface area contributed by atoms with E-state index in [0.717, 1.165) is 16.9 Å². The fourth-order valence-electron chi connectivity index (χ4n) is 3.08. The van der Waals surface area contributed by atoms with Gasteiger partial charge in [0.2, 0.25) is 17.5 Å². The highest BCUT2D eigenvalue weighted by Crippen LogP contribution is 2.27. The second kappa shape index (κ2) is 12.3. The molecule has 0 fully saturated rings. The van der Waals surface area contributed by atoms with Crippen molar-refractivity contribution in [2.24, 2.45) is 0 Å². The van der Waals surface area contributed by atoms with E-state index in [1.54, 1.807) is 0 Å². The van der Waals surface area contributed by atoms with Gasteiger partial charge in [0.25, 0.3) is 5.91 Å². The number of hydrogen-bond acceptors (Lipinski definition) is 7. The summed E-state index contributed by atoms with van der Waals surface area (Å²) in [5, 5.41) is 13.6. The van der Waals surface area contributed by atoms with Gasteiger partial charge >= 0.3 is 5.97 Å². The molecule has 1 aromatic heterocycles. The molecule has 200 valence electrons. The van der Waals surface area contributed by atoms with Crippen LogP contribution in [-0.2, 0) is 14.4 Å². The zero-order valence-electron chi connectivity index (χ0n) is 19.5. The molecule has 1 heterocycles. The van der Waals surface area contributed by atoms with Gasteiger partial charge in [0.05, 0.1) is 11.3 Å². The Kier molecular flexibility index (Phi) is 9.12. The van der Waals surface area contributed by atoms with Crippen molar-refractivity contribution < 1.29 is 46.6 Å². The van der Waals surface area contributed by atoms with Crippen LogP contribution in [0.25, 0.3) is 10.4 Å². The van der Waals surface area contributed by atoms with Crippen LogP contribution in [0.1, 0.15) is 23.1 Å². The molecule has 0 aliphatic heterocycles. The van der Waals surface area contributed by atoms with E-state index >= 15 is 0 Å². The summed E-state index contributed by atoms with van der Waals surface area (Å²) in [6.07, 6.45) is 0.529. The van der Waals surface area contributed by atoms with E-state index in [1.807, 2.05) is 30.3 Å². The van der Waals surface area contributed by atoms with Gasteiger partial charge in [0, 0.05) is 12.3 Å². The van der Waals surface area contributed by atoms with Crippen molar-refractivity contribution in [3.63, 3.8) is 0 Å². The van der Waals surface area contributed by atoms with Crippen molar-refractivity contribution in [3.05, 3.63) is 70.9 Å². The van der Waals surface area contributed by atoms with Gasteiger partial charge in [0.15, 0.2) is 28.2 Å². The number of amides is 2. The molecule has 0 aliphatic carbocycles. The monoisotopic (exact) mass is 553 g/mol. The number of ether oxygens (including phenoxy) is 1. The molecular weight excluding hydrogens is 534 g/mol. The smallest absolute Gasteiger partial charge is 0.305 e. The molecule has 0 radical (unpaired) electrons. The molecule has 0 aliphatic rings. The first-order chi connectivity index (χ1) is 18.0. The van der Waals surface area contributed by atoms with Crippen LogP contribution in [0.4, 0.5) is 17.6 Å². The lowest BCUT2D eigenvalue weighted by molar-refractivity contribution is -0.140. The van der Waals surface area contributed by atoms with Gasteiger partial charge in [-0.05, 0) is 12.5 Å². The number of carbonyl (C=O) groups is 4. The number of aromatic nitrogens is 1. The van der Waals surface area contributed by atoms with Crippen molar-refractivity contribution in [2.45, 2.75) is 25.4 Å². The zero-order valence-corrected chi connectivity index (χ0v) is 20.3. The fraction of sp³-hybridized carbons (Fsp3) is 0.208. The summed E-state index contributed by atoms with van der Waals surface area (Å²) in [5.74, 6) is -13.2.